The normalized spacial score (nSPS) is 12.2. The molecule has 1 unspecified atom stereocenters. The van der Waals surface area contributed by atoms with Gasteiger partial charge in [-0.1, -0.05) is 0 Å². The summed E-state index contributed by atoms with van der Waals surface area (Å²) < 4.78 is 22.9. The van der Waals surface area contributed by atoms with Crippen LogP contribution in [-0.4, -0.2) is 25.3 Å². The van der Waals surface area contributed by atoms with Gasteiger partial charge in [0.15, 0.2) is 6.10 Å². The maximum atomic E-state index is 13.3. The molecular weight excluding hydrogens is 203 g/mol. The summed E-state index contributed by atoms with van der Waals surface area (Å²) in [4.78, 5) is 10.8. The fourth-order valence-electron chi connectivity index (χ4n) is 1.21. The van der Waals surface area contributed by atoms with Crippen molar-refractivity contribution in [3.05, 3.63) is 29.6 Å². The molecule has 0 spiro atoms. The minimum Gasteiger partial charge on any atom is -0.497 e. The molecule has 1 aromatic rings. The van der Waals surface area contributed by atoms with Gasteiger partial charge >= 0.3 is 5.97 Å². The van der Waals surface area contributed by atoms with Gasteiger partial charge in [0, 0.05) is 12.7 Å². The van der Waals surface area contributed by atoms with Crippen molar-refractivity contribution in [1.29, 1.82) is 0 Å². The van der Waals surface area contributed by atoms with Crippen molar-refractivity contribution in [2.24, 2.45) is 0 Å². The van der Waals surface area contributed by atoms with Crippen molar-refractivity contribution < 1.29 is 23.8 Å². The van der Waals surface area contributed by atoms with E-state index in [4.69, 9.17) is 9.84 Å². The van der Waals surface area contributed by atoms with Crippen LogP contribution in [0.15, 0.2) is 18.2 Å². The van der Waals surface area contributed by atoms with Gasteiger partial charge in [0.2, 0.25) is 0 Å². The molecule has 0 aromatic heterocycles. The number of carbonyl (C=O) groups is 1. The van der Waals surface area contributed by atoms with E-state index >= 15 is 0 Å². The third kappa shape index (κ3) is 2.44. The van der Waals surface area contributed by atoms with E-state index in [9.17, 15) is 9.18 Å². The molecule has 82 valence electrons. The molecule has 5 heteroatoms. The molecule has 0 amide bonds. The molecule has 1 atom stereocenters. The highest BCUT2D eigenvalue weighted by Crippen LogP contribution is 2.24. The van der Waals surface area contributed by atoms with E-state index in [1.165, 1.54) is 26.4 Å². The highest BCUT2D eigenvalue weighted by Gasteiger charge is 2.23. The molecule has 0 saturated carbocycles. The van der Waals surface area contributed by atoms with Crippen LogP contribution in [0.1, 0.15) is 11.7 Å². The van der Waals surface area contributed by atoms with Crippen LogP contribution in [0.4, 0.5) is 4.39 Å². The van der Waals surface area contributed by atoms with E-state index in [1.807, 2.05) is 0 Å². The number of hydrogen-bond donors (Lipinski definition) is 1. The van der Waals surface area contributed by atoms with Crippen LogP contribution in [0.2, 0.25) is 0 Å². The fraction of sp³-hybridized carbons (Fsp3) is 0.300. The van der Waals surface area contributed by atoms with Gasteiger partial charge in [-0.2, -0.15) is 0 Å². The van der Waals surface area contributed by atoms with Crippen LogP contribution >= 0.6 is 0 Å². The zero-order valence-corrected chi connectivity index (χ0v) is 8.36. The number of carboxylic acids is 1. The Balaban J connectivity index is 3.15. The second-order valence-electron chi connectivity index (χ2n) is 2.84. The van der Waals surface area contributed by atoms with Crippen LogP contribution < -0.4 is 4.74 Å². The Labute approximate surface area is 86.2 Å². The summed E-state index contributed by atoms with van der Waals surface area (Å²) in [5.74, 6) is -1.50. The molecule has 0 aliphatic rings. The lowest BCUT2D eigenvalue weighted by atomic mass is 10.1. The van der Waals surface area contributed by atoms with Gasteiger partial charge in [-0.25, -0.2) is 9.18 Å². The molecule has 0 saturated heterocycles. The zero-order valence-electron chi connectivity index (χ0n) is 8.36. The number of rotatable bonds is 4. The second-order valence-corrected chi connectivity index (χ2v) is 2.84. The minimum atomic E-state index is -1.32. The van der Waals surface area contributed by atoms with Crippen molar-refractivity contribution in [1.82, 2.24) is 0 Å². The fourth-order valence-corrected chi connectivity index (χ4v) is 1.21. The molecule has 1 N–H and O–H groups in total. The monoisotopic (exact) mass is 214 g/mol. The van der Waals surface area contributed by atoms with Gasteiger partial charge in [0.1, 0.15) is 11.6 Å². The van der Waals surface area contributed by atoms with Gasteiger partial charge in [-0.3, -0.25) is 0 Å². The van der Waals surface area contributed by atoms with Crippen molar-refractivity contribution in [2.75, 3.05) is 14.2 Å². The molecular formula is C10H11FO4. The molecule has 1 rings (SSSR count). The van der Waals surface area contributed by atoms with Crippen LogP contribution in [0.25, 0.3) is 0 Å². The number of halogens is 1. The molecule has 0 radical (unpaired) electrons. The number of hydrogen-bond acceptors (Lipinski definition) is 3. The lowest BCUT2D eigenvalue weighted by Crippen LogP contribution is -2.15. The first kappa shape index (κ1) is 11.5. The summed E-state index contributed by atoms with van der Waals surface area (Å²) in [5.41, 5.74) is -0.0515. The summed E-state index contributed by atoms with van der Waals surface area (Å²) in [6.45, 7) is 0. The smallest absolute Gasteiger partial charge is 0.337 e. The lowest BCUT2D eigenvalue weighted by Gasteiger charge is -2.12. The summed E-state index contributed by atoms with van der Waals surface area (Å²) in [5, 5.41) is 8.78. The topological polar surface area (TPSA) is 55.8 Å². The predicted octanol–water partition coefficient (Wildman–Crippen LogP) is 1.61. The van der Waals surface area contributed by atoms with E-state index in [1.54, 1.807) is 0 Å². The first-order chi connectivity index (χ1) is 7.10. The summed E-state index contributed by atoms with van der Waals surface area (Å²) in [6, 6.07) is 3.86. The average Bonchev–Trinajstić information content (AvgIpc) is 2.21. The Morgan fingerprint density at radius 1 is 1.47 bits per heavy atom. The standard InChI is InChI=1S/C10H11FO4/c1-14-6-3-4-8(11)7(5-6)9(15-2)10(12)13/h3-5,9H,1-2H3,(H,12,13). The second kappa shape index (κ2) is 4.75. The zero-order chi connectivity index (χ0) is 11.4. The number of aliphatic carboxylic acids is 1. The van der Waals surface area contributed by atoms with E-state index in [-0.39, 0.29) is 5.56 Å². The average molecular weight is 214 g/mol. The Hall–Kier alpha value is -1.62. The molecule has 0 bridgehead atoms. The van der Waals surface area contributed by atoms with Crippen molar-refractivity contribution in [3.63, 3.8) is 0 Å². The van der Waals surface area contributed by atoms with Gasteiger partial charge in [-0.05, 0) is 18.2 Å². The number of ether oxygens (including phenoxy) is 2. The van der Waals surface area contributed by atoms with E-state index in [0.717, 1.165) is 6.07 Å². The molecule has 15 heavy (non-hydrogen) atoms. The third-order valence-electron chi connectivity index (χ3n) is 1.95. The van der Waals surface area contributed by atoms with Crippen LogP contribution in [-0.2, 0) is 9.53 Å². The number of benzene rings is 1. The maximum absolute atomic E-state index is 13.3. The number of methoxy groups -OCH3 is 2. The predicted molar refractivity (Wildman–Crippen MR) is 50.3 cm³/mol. The van der Waals surface area contributed by atoms with Crippen molar-refractivity contribution in [2.45, 2.75) is 6.10 Å². The van der Waals surface area contributed by atoms with Crippen LogP contribution in [0.5, 0.6) is 5.75 Å². The van der Waals surface area contributed by atoms with Crippen LogP contribution in [0.3, 0.4) is 0 Å². The van der Waals surface area contributed by atoms with Gasteiger partial charge in [-0.15, -0.1) is 0 Å². The molecule has 0 aliphatic heterocycles. The molecule has 0 fully saturated rings. The Bertz CT molecular complexity index is 364. The van der Waals surface area contributed by atoms with E-state index in [0.29, 0.717) is 5.75 Å². The SMILES string of the molecule is COc1ccc(F)c(C(OC)C(=O)O)c1. The van der Waals surface area contributed by atoms with Gasteiger partial charge < -0.3 is 14.6 Å². The summed E-state index contributed by atoms with van der Waals surface area (Å²) in [6.07, 6.45) is -1.32. The molecule has 1 aromatic carbocycles. The highest BCUT2D eigenvalue weighted by atomic mass is 19.1. The minimum absolute atomic E-state index is 0.0515. The van der Waals surface area contributed by atoms with Crippen molar-refractivity contribution >= 4 is 5.97 Å². The quantitative estimate of drug-likeness (QED) is 0.827. The Kier molecular flexibility index (Phi) is 3.62. The van der Waals surface area contributed by atoms with E-state index < -0.39 is 17.9 Å². The molecule has 0 aliphatic carbocycles. The molecule has 4 nitrogen and oxygen atoms in total. The van der Waals surface area contributed by atoms with E-state index in [2.05, 4.69) is 4.74 Å². The van der Waals surface area contributed by atoms with Gasteiger partial charge in [0.05, 0.1) is 7.11 Å². The Morgan fingerprint density at radius 3 is 2.60 bits per heavy atom. The highest BCUT2D eigenvalue weighted by molar-refractivity contribution is 5.74. The van der Waals surface area contributed by atoms with Gasteiger partial charge in [0.25, 0.3) is 0 Å². The largest absolute Gasteiger partial charge is 0.497 e. The van der Waals surface area contributed by atoms with Crippen molar-refractivity contribution in [3.8, 4) is 5.75 Å². The first-order valence-electron chi connectivity index (χ1n) is 4.19. The van der Waals surface area contributed by atoms with Crippen LogP contribution in [0, 0.1) is 5.82 Å². The molecule has 0 heterocycles. The Morgan fingerprint density at radius 2 is 2.13 bits per heavy atom. The first-order valence-corrected chi connectivity index (χ1v) is 4.19. The third-order valence-corrected chi connectivity index (χ3v) is 1.95. The lowest BCUT2D eigenvalue weighted by molar-refractivity contribution is -0.149. The maximum Gasteiger partial charge on any atom is 0.337 e. The summed E-state index contributed by atoms with van der Waals surface area (Å²) in [7, 11) is 2.62. The summed E-state index contributed by atoms with van der Waals surface area (Å²) >= 11 is 0. The number of carboxylic acid groups (broad SMARTS) is 1.